The predicted octanol–water partition coefficient (Wildman–Crippen LogP) is 4.26. The molecule has 2 aromatic rings. The van der Waals surface area contributed by atoms with E-state index in [1.54, 1.807) is 6.20 Å². The first-order valence-electron chi connectivity index (χ1n) is 7.99. The Kier molecular flexibility index (Phi) is 5.48. The highest BCUT2D eigenvalue weighted by Gasteiger charge is 2.21. The molecule has 1 aliphatic heterocycles. The summed E-state index contributed by atoms with van der Waals surface area (Å²) >= 11 is 3.52. The molecule has 3 rings (SSSR count). The molecule has 0 radical (unpaired) electrons. The van der Waals surface area contributed by atoms with Gasteiger partial charge in [0.1, 0.15) is 5.82 Å². The van der Waals surface area contributed by atoms with Crippen molar-refractivity contribution < 1.29 is 9.53 Å². The molecule has 0 aliphatic carbocycles. The number of amides is 1. The third-order valence-electron chi connectivity index (χ3n) is 4.07. The van der Waals surface area contributed by atoms with Gasteiger partial charge in [0.2, 0.25) is 5.91 Å². The van der Waals surface area contributed by atoms with Crippen LogP contribution in [0.5, 0.6) is 0 Å². The molecular weight excluding hydrogens is 370 g/mol. The van der Waals surface area contributed by atoms with Crippen LogP contribution in [-0.4, -0.2) is 24.1 Å². The van der Waals surface area contributed by atoms with Gasteiger partial charge in [-0.15, -0.1) is 0 Å². The number of halogens is 1. The van der Waals surface area contributed by atoms with Crippen molar-refractivity contribution in [2.45, 2.75) is 19.8 Å². The summed E-state index contributed by atoms with van der Waals surface area (Å²) in [5, 5.41) is 6.17. The fraction of sp³-hybridized carbons (Fsp3) is 0.333. The van der Waals surface area contributed by atoms with E-state index in [4.69, 9.17) is 4.74 Å². The number of ether oxygens (including phenoxy) is 1. The van der Waals surface area contributed by atoms with Crippen LogP contribution in [0.1, 0.15) is 18.4 Å². The third kappa shape index (κ3) is 4.33. The second kappa shape index (κ2) is 7.77. The zero-order valence-corrected chi connectivity index (χ0v) is 15.1. The van der Waals surface area contributed by atoms with Crippen LogP contribution in [-0.2, 0) is 9.53 Å². The van der Waals surface area contributed by atoms with Crippen molar-refractivity contribution in [2.75, 3.05) is 23.8 Å². The SMILES string of the molecule is Cc1ccc(Nc2ccc(NC(=O)C3CCOCC3)nc2)cc1Br. The Balaban J connectivity index is 1.60. The van der Waals surface area contributed by atoms with E-state index in [1.165, 1.54) is 5.56 Å². The monoisotopic (exact) mass is 389 g/mol. The van der Waals surface area contributed by atoms with Crippen LogP contribution >= 0.6 is 15.9 Å². The van der Waals surface area contributed by atoms with Gasteiger partial charge in [0.25, 0.3) is 0 Å². The van der Waals surface area contributed by atoms with Crippen molar-refractivity contribution in [1.29, 1.82) is 0 Å². The maximum atomic E-state index is 12.2. The lowest BCUT2D eigenvalue weighted by atomic mass is 9.99. The Morgan fingerprint density at radius 2 is 1.96 bits per heavy atom. The van der Waals surface area contributed by atoms with Gasteiger partial charge in [-0.25, -0.2) is 4.98 Å². The lowest BCUT2D eigenvalue weighted by molar-refractivity contribution is -0.122. The number of rotatable bonds is 4. The molecule has 0 bridgehead atoms. The smallest absolute Gasteiger partial charge is 0.228 e. The number of carbonyl (C=O) groups is 1. The molecule has 0 unspecified atom stereocenters. The van der Waals surface area contributed by atoms with Crippen LogP contribution in [0.15, 0.2) is 41.0 Å². The second-order valence-corrected chi connectivity index (χ2v) is 6.75. The average Bonchev–Trinajstić information content (AvgIpc) is 2.61. The fourth-order valence-electron chi connectivity index (χ4n) is 2.57. The lowest BCUT2D eigenvalue weighted by Crippen LogP contribution is -2.28. The van der Waals surface area contributed by atoms with Crippen LogP contribution in [0.25, 0.3) is 0 Å². The highest BCUT2D eigenvalue weighted by Crippen LogP contribution is 2.24. The predicted molar refractivity (Wildman–Crippen MR) is 98.6 cm³/mol. The highest BCUT2D eigenvalue weighted by atomic mass is 79.9. The Morgan fingerprint density at radius 3 is 2.62 bits per heavy atom. The Bertz CT molecular complexity index is 713. The molecule has 1 aliphatic rings. The van der Waals surface area contributed by atoms with Crippen molar-refractivity contribution in [3.05, 3.63) is 46.6 Å². The molecule has 0 atom stereocenters. The average molecular weight is 390 g/mol. The normalized spacial score (nSPS) is 15.1. The summed E-state index contributed by atoms with van der Waals surface area (Å²) in [5.74, 6) is 0.611. The van der Waals surface area contributed by atoms with E-state index < -0.39 is 0 Å². The number of benzene rings is 1. The van der Waals surface area contributed by atoms with E-state index >= 15 is 0 Å². The summed E-state index contributed by atoms with van der Waals surface area (Å²) < 4.78 is 6.34. The van der Waals surface area contributed by atoms with Crippen LogP contribution < -0.4 is 10.6 Å². The van der Waals surface area contributed by atoms with Gasteiger partial charge in [0.15, 0.2) is 0 Å². The zero-order valence-electron chi connectivity index (χ0n) is 13.5. The lowest BCUT2D eigenvalue weighted by Gasteiger charge is -2.20. The number of carbonyl (C=O) groups excluding carboxylic acids is 1. The largest absolute Gasteiger partial charge is 0.381 e. The summed E-state index contributed by atoms with van der Waals surface area (Å²) in [5.41, 5.74) is 3.04. The van der Waals surface area contributed by atoms with Crippen molar-refractivity contribution in [3.63, 3.8) is 0 Å². The summed E-state index contributed by atoms with van der Waals surface area (Å²) in [6.45, 7) is 3.35. The molecule has 2 heterocycles. The maximum absolute atomic E-state index is 12.2. The first kappa shape index (κ1) is 16.9. The van der Waals surface area contributed by atoms with E-state index in [9.17, 15) is 4.79 Å². The number of nitrogens with one attached hydrogen (secondary N) is 2. The molecule has 1 amide bonds. The minimum Gasteiger partial charge on any atom is -0.381 e. The molecule has 0 spiro atoms. The number of hydrogen-bond donors (Lipinski definition) is 2. The number of aryl methyl sites for hydroxylation is 1. The molecule has 1 aromatic heterocycles. The summed E-state index contributed by atoms with van der Waals surface area (Å²) in [4.78, 5) is 16.5. The summed E-state index contributed by atoms with van der Waals surface area (Å²) in [6, 6.07) is 9.79. The fourth-order valence-corrected chi connectivity index (χ4v) is 2.95. The van der Waals surface area contributed by atoms with Crippen LogP contribution in [0.3, 0.4) is 0 Å². The Morgan fingerprint density at radius 1 is 1.21 bits per heavy atom. The third-order valence-corrected chi connectivity index (χ3v) is 4.92. The molecular formula is C18H20BrN3O2. The van der Waals surface area contributed by atoms with Gasteiger partial charge in [-0.2, -0.15) is 0 Å². The van der Waals surface area contributed by atoms with E-state index in [0.717, 1.165) is 28.7 Å². The Labute approximate surface area is 149 Å². The van der Waals surface area contributed by atoms with E-state index in [-0.39, 0.29) is 11.8 Å². The minimum absolute atomic E-state index is 0.0169. The standard InChI is InChI=1S/C18H20BrN3O2/c1-12-2-3-14(10-16(12)19)21-15-4-5-17(20-11-15)22-18(23)13-6-8-24-9-7-13/h2-5,10-11,13,21H,6-9H2,1H3,(H,20,22,23). The molecule has 2 N–H and O–H groups in total. The first-order valence-corrected chi connectivity index (χ1v) is 8.79. The number of pyridine rings is 1. The zero-order chi connectivity index (χ0) is 16.9. The molecule has 1 fully saturated rings. The second-order valence-electron chi connectivity index (χ2n) is 5.90. The highest BCUT2D eigenvalue weighted by molar-refractivity contribution is 9.10. The Hall–Kier alpha value is -1.92. The summed E-state index contributed by atoms with van der Waals surface area (Å²) in [7, 11) is 0. The van der Waals surface area contributed by atoms with Crippen molar-refractivity contribution >= 4 is 39.0 Å². The van der Waals surface area contributed by atoms with Crippen LogP contribution in [0.2, 0.25) is 0 Å². The molecule has 6 heteroatoms. The number of anilines is 3. The molecule has 24 heavy (non-hydrogen) atoms. The van der Waals surface area contributed by atoms with Gasteiger partial charge in [-0.3, -0.25) is 4.79 Å². The number of aromatic nitrogens is 1. The topological polar surface area (TPSA) is 63.2 Å². The van der Waals surface area contributed by atoms with Gasteiger partial charge >= 0.3 is 0 Å². The van der Waals surface area contributed by atoms with Crippen molar-refractivity contribution in [3.8, 4) is 0 Å². The van der Waals surface area contributed by atoms with Crippen molar-refractivity contribution in [2.24, 2.45) is 5.92 Å². The molecule has 0 saturated carbocycles. The van der Waals surface area contributed by atoms with Gasteiger partial charge < -0.3 is 15.4 Å². The van der Waals surface area contributed by atoms with E-state index in [0.29, 0.717) is 19.0 Å². The van der Waals surface area contributed by atoms with E-state index in [2.05, 4.69) is 31.5 Å². The molecule has 5 nitrogen and oxygen atoms in total. The number of hydrogen-bond acceptors (Lipinski definition) is 4. The van der Waals surface area contributed by atoms with Gasteiger partial charge in [-0.05, 0) is 49.6 Å². The minimum atomic E-state index is 0.0169. The van der Waals surface area contributed by atoms with Gasteiger partial charge in [0, 0.05) is 29.3 Å². The van der Waals surface area contributed by atoms with Gasteiger partial charge in [0.05, 0.1) is 11.9 Å². The quantitative estimate of drug-likeness (QED) is 0.819. The molecule has 1 saturated heterocycles. The first-order chi connectivity index (χ1) is 11.6. The number of nitrogens with zero attached hydrogens (tertiary/aromatic N) is 1. The van der Waals surface area contributed by atoms with Gasteiger partial charge in [-0.1, -0.05) is 22.0 Å². The van der Waals surface area contributed by atoms with Crippen LogP contribution in [0, 0.1) is 12.8 Å². The van der Waals surface area contributed by atoms with Crippen LogP contribution in [0.4, 0.5) is 17.2 Å². The van der Waals surface area contributed by atoms with Crippen molar-refractivity contribution in [1.82, 2.24) is 4.98 Å². The molecule has 1 aromatic carbocycles. The summed E-state index contributed by atoms with van der Waals surface area (Å²) in [6.07, 6.45) is 3.26. The van der Waals surface area contributed by atoms with E-state index in [1.807, 2.05) is 37.3 Å². The maximum Gasteiger partial charge on any atom is 0.228 e. The molecule has 126 valence electrons.